The van der Waals surface area contributed by atoms with Crippen LogP contribution in [0.25, 0.3) is 21.9 Å². The van der Waals surface area contributed by atoms with Gasteiger partial charge in [-0.15, -0.1) is 0 Å². The highest BCUT2D eigenvalue weighted by Crippen LogP contribution is 2.40. The minimum absolute atomic E-state index is 0.0266. The highest BCUT2D eigenvalue weighted by molar-refractivity contribution is 5.89. The fraction of sp³-hybridized carbons (Fsp3) is 0.179. The topological polar surface area (TPSA) is 72.6 Å². The molecule has 0 aromatic heterocycles. The number of fused-ring (bicyclic) bond motifs is 2. The average molecular weight is 424 g/mol. The number of aryl methyl sites for hydroxylation is 1. The maximum absolute atomic E-state index is 11.1. The fourth-order valence-corrected chi connectivity index (χ4v) is 4.58. The minimum Gasteiger partial charge on any atom is -0.487 e. The largest absolute Gasteiger partial charge is 0.487 e. The van der Waals surface area contributed by atoms with Gasteiger partial charge in [-0.05, 0) is 57.6 Å². The van der Waals surface area contributed by atoms with Crippen molar-refractivity contribution in [2.24, 2.45) is 0 Å². The molecule has 0 radical (unpaired) electrons. The summed E-state index contributed by atoms with van der Waals surface area (Å²) in [6, 6.07) is 26.9. The molecule has 0 unspecified atom stereocenters. The predicted molar refractivity (Wildman–Crippen MR) is 128 cm³/mol. The third-order valence-electron chi connectivity index (χ3n) is 6.16. The molecule has 0 bridgehead atoms. The van der Waals surface area contributed by atoms with Crippen LogP contribution in [0.15, 0.2) is 78.9 Å². The van der Waals surface area contributed by atoms with Gasteiger partial charge in [0.15, 0.2) is 0 Å². The Hall–Kier alpha value is -3.79. The number of carboxylic acids is 1. The molecular weight excluding hydrogens is 398 g/mol. The molecule has 1 aliphatic carbocycles. The van der Waals surface area contributed by atoms with E-state index in [-0.39, 0.29) is 12.5 Å². The Labute approximate surface area is 187 Å². The van der Waals surface area contributed by atoms with Gasteiger partial charge in [0.2, 0.25) is 0 Å². The summed E-state index contributed by atoms with van der Waals surface area (Å²) < 4.78 is 6.53. The van der Waals surface area contributed by atoms with E-state index in [2.05, 4.69) is 54.6 Å². The maximum Gasteiger partial charge on any atom is 0.303 e. The molecule has 0 spiro atoms. The smallest absolute Gasteiger partial charge is 0.303 e. The number of ether oxygens (including phenoxy) is 1. The number of rotatable bonds is 6. The summed E-state index contributed by atoms with van der Waals surface area (Å²) in [6.45, 7) is 0. The Bertz CT molecular complexity index is 1290. The fourth-order valence-electron chi connectivity index (χ4n) is 4.58. The van der Waals surface area contributed by atoms with Gasteiger partial charge in [0.25, 0.3) is 0 Å². The molecule has 0 fully saturated rings. The van der Waals surface area contributed by atoms with Crippen molar-refractivity contribution in [1.29, 1.82) is 0 Å². The van der Waals surface area contributed by atoms with Crippen LogP contribution in [0, 0.1) is 0 Å². The first kappa shape index (κ1) is 20.1. The van der Waals surface area contributed by atoms with E-state index in [1.807, 2.05) is 24.3 Å². The molecule has 4 nitrogen and oxygen atoms in total. The van der Waals surface area contributed by atoms with Crippen molar-refractivity contribution in [2.45, 2.75) is 31.8 Å². The Morgan fingerprint density at radius 3 is 2.31 bits per heavy atom. The Kier molecular flexibility index (Phi) is 5.28. The van der Waals surface area contributed by atoms with Crippen LogP contribution in [0.3, 0.4) is 0 Å². The molecule has 1 aliphatic rings. The van der Waals surface area contributed by atoms with Crippen LogP contribution in [0.5, 0.6) is 5.75 Å². The quantitative estimate of drug-likeness (QED) is 0.393. The van der Waals surface area contributed by atoms with E-state index in [9.17, 15) is 4.79 Å². The molecule has 0 atom stereocenters. The second-order valence-electron chi connectivity index (χ2n) is 8.43. The van der Waals surface area contributed by atoms with Crippen molar-refractivity contribution in [3.05, 3.63) is 95.6 Å². The standard InChI is InChI=1S/C28H25NO3/c29-26-14-18(9-12-27(30)31)13-25(23-11-10-19-5-1-2-6-20(19)15-23)28(26)32-24-16-21-7-3-4-8-22(21)17-24/h1-8,10-11,13-15,24H,9,12,16-17,29H2,(H,30,31). The second-order valence-corrected chi connectivity index (χ2v) is 8.43. The van der Waals surface area contributed by atoms with E-state index in [1.54, 1.807) is 0 Å². The van der Waals surface area contributed by atoms with E-state index >= 15 is 0 Å². The molecule has 0 aliphatic heterocycles. The van der Waals surface area contributed by atoms with Crippen LogP contribution in [0.2, 0.25) is 0 Å². The van der Waals surface area contributed by atoms with Gasteiger partial charge in [0.05, 0.1) is 5.69 Å². The molecule has 32 heavy (non-hydrogen) atoms. The highest BCUT2D eigenvalue weighted by Gasteiger charge is 2.25. The first-order valence-corrected chi connectivity index (χ1v) is 10.9. The van der Waals surface area contributed by atoms with E-state index in [0.717, 1.165) is 34.9 Å². The number of carbonyl (C=O) groups is 1. The maximum atomic E-state index is 11.1. The van der Waals surface area contributed by atoms with Crippen molar-refractivity contribution in [3.8, 4) is 16.9 Å². The molecule has 4 aromatic rings. The van der Waals surface area contributed by atoms with Crippen LogP contribution in [-0.2, 0) is 24.1 Å². The average Bonchev–Trinajstić information content (AvgIpc) is 3.21. The number of carboxylic acid groups (broad SMARTS) is 1. The van der Waals surface area contributed by atoms with Crippen molar-refractivity contribution in [2.75, 3.05) is 5.73 Å². The number of benzene rings is 4. The van der Waals surface area contributed by atoms with Crippen LogP contribution in [0.1, 0.15) is 23.1 Å². The molecule has 3 N–H and O–H groups in total. The zero-order valence-electron chi connectivity index (χ0n) is 17.8. The Balaban J connectivity index is 1.54. The lowest BCUT2D eigenvalue weighted by atomic mass is 9.96. The van der Waals surface area contributed by atoms with Crippen molar-refractivity contribution >= 4 is 22.4 Å². The molecule has 5 rings (SSSR count). The summed E-state index contributed by atoms with van der Waals surface area (Å²) in [5.41, 5.74) is 12.5. The summed E-state index contributed by atoms with van der Waals surface area (Å²) in [5, 5.41) is 11.4. The molecule has 0 heterocycles. The number of nitrogens with two attached hydrogens (primary N) is 1. The van der Waals surface area contributed by atoms with Crippen LogP contribution in [-0.4, -0.2) is 17.2 Å². The second kappa shape index (κ2) is 8.39. The molecular formula is C28H25NO3. The Morgan fingerprint density at radius 2 is 1.59 bits per heavy atom. The van der Waals surface area contributed by atoms with Crippen LogP contribution < -0.4 is 10.5 Å². The van der Waals surface area contributed by atoms with E-state index in [1.165, 1.54) is 16.5 Å². The highest BCUT2D eigenvalue weighted by atomic mass is 16.5. The number of anilines is 1. The van der Waals surface area contributed by atoms with E-state index < -0.39 is 5.97 Å². The minimum atomic E-state index is -0.820. The van der Waals surface area contributed by atoms with Crippen molar-refractivity contribution in [1.82, 2.24) is 0 Å². The van der Waals surface area contributed by atoms with Gasteiger partial charge in [-0.1, -0.05) is 60.7 Å². The lowest BCUT2D eigenvalue weighted by Crippen LogP contribution is -2.18. The molecule has 0 saturated heterocycles. The van der Waals surface area contributed by atoms with Gasteiger partial charge in [0, 0.05) is 24.8 Å². The number of nitrogen functional groups attached to an aromatic ring is 1. The summed E-state index contributed by atoms with van der Waals surface area (Å²) >= 11 is 0. The lowest BCUT2D eigenvalue weighted by Gasteiger charge is -2.20. The lowest BCUT2D eigenvalue weighted by molar-refractivity contribution is -0.136. The molecule has 4 aromatic carbocycles. The Morgan fingerprint density at radius 1 is 0.906 bits per heavy atom. The van der Waals surface area contributed by atoms with Gasteiger partial charge in [-0.25, -0.2) is 0 Å². The predicted octanol–water partition coefficient (Wildman–Crippen LogP) is 5.65. The SMILES string of the molecule is Nc1cc(CCC(=O)O)cc(-c2ccc3ccccc3c2)c1OC1Cc2ccccc2C1. The number of hydrogen-bond acceptors (Lipinski definition) is 3. The summed E-state index contributed by atoms with van der Waals surface area (Å²) in [4.78, 5) is 11.1. The third-order valence-corrected chi connectivity index (χ3v) is 6.16. The van der Waals surface area contributed by atoms with Crippen LogP contribution >= 0.6 is 0 Å². The number of hydrogen-bond donors (Lipinski definition) is 2. The summed E-state index contributed by atoms with van der Waals surface area (Å²) in [6.07, 6.45) is 2.23. The van der Waals surface area contributed by atoms with Gasteiger partial charge in [-0.2, -0.15) is 0 Å². The van der Waals surface area contributed by atoms with Crippen molar-refractivity contribution < 1.29 is 14.6 Å². The normalized spacial score (nSPS) is 13.2. The van der Waals surface area contributed by atoms with E-state index in [0.29, 0.717) is 17.9 Å². The zero-order chi connectivity index (χ0) is 22.1. The van der Waals surface area contributed by atoms with Gasteiger partial charge in [-0.3, -0.25) is 4.79 Å². The molecule has 160 valence electrons. The number of aliphatic carboxylic acids is 1. The first-order valence-electron chi connectivity index (χ1n) is 10.9. The zero-order valence-corrected chi connectivity index (χ0v) is 17.8. The first-order chi connectivity index (χ1) is 15.6. The van der Waals surface area contributed by atoms with Crippen LogP contribution in [0.4, 0.5) is 5.69 Å². The van der Waals surface area contributed by atoms with Gasteiger partial charge >= 0.3 is 5.97 Å². The monoisotopic (exact) mass is 423 g/mol. The van der Waals surface area contributed by atoms with E-state index in [4.69, 9.17) is 15.6 Å². The molecule has 0 saturated carbocycles. The molecule has 0 amide bonds. The molecule has 4 heteroatoms. The van der Waals surface area contributed by atoms with Gasteiger partial charge < -0.3 is 15.6 Å². The van der Waals surface area contributed by atoms with Gasteiger partial charge in [0.1, 0.15) is 11.9 Å². The van der Waals surface area contributed by atoms with Crippen molar-refractivity contribution in [3.63, 3.8) is 0 Å². The summed E-state index contributed by atoms with van der Waals surface area (Å²) in [5.74, 6) is -0.142. The summed E-state index contributed by atoms with van der Waals surface area (Å²) in [7, 11) is 0. The third kappa shape index (κ3) is 4.04.